The van der Waals surface area contributed by atoms with Crippen molar-refractivity contribution in [2.45, 2.75) is 57.5 Å². The van der Waals surface area contributed by atoms with Gasteiger partial charge in [-0.2, -0.15) is 0 Å². The number of nitrogens with zero attached hydrogens (tertiary/aromatic N) is 2. The zero-order valence-electron chi connectivity index (χ0n) is 11.9. The molecule has 2 heteroatoms. The fourth-order valence-electron chi connectivity index (χ4n) is 4.11. The van der Waals surface area contributed by atoms with E-state index < -0.39 is 0 Å². The van der Waals surface area contributed by atoms with Crippen LogP contribution in [0.4, 0.5) is 0 Å². The Bertz CT molecular complexity index is 299. The van der Waals surface area contributed by atoms with Gasteiger partial charge in [-0.15, -0.1) is 0 Å². The second kappa shape index (κ2) is 5.75. The SMILES string of the molecule is CCC1CN2CCCC2CN1CC1CC=CCC1. The van der Waals surface area contributed by atoms with Crippen molar-refractivity contribution >= 4 is 0 Å². The molecule has 0 aromatic rings. The highest BCUT2D eigenvalue weighted by Gasteiger charge is 2.35. The van der Waals surface area contributed by atoms with Crippen LogP contribution in [0.2, 0.25) is 0 Å². The van der Waals surface area contributed by atoms with E-state index in [9.17, 15) is 0 Å². The Hall–Kier alpha value is -0.340. The second-order valence-electron chi connectivity index (χ2n) is 6.46. The van der Waals surface area contributed by atoms with Crippen LogP contribution in [0.25, 0.3) is 0 Å². The molecule has 3 rings (SSSR count). The van der Waals surface area contributed by atoms with Crippen LogP contribution in [0.1, 0.15) is 45.4 Å². The molecule has 0 aromatic heterocycles. The predicted octanol–water partition coefficient (Wildman–Crippen LogP) is 2.90. The molecule has 0 radical (unpaired) electrons. The Morgan fingerprint density at radius 3 is 2.89 bits per heavy atom. The van der Waals surface area contributed by atoms with Crippen molar-refractivity contribution < 1.29 is 0 Å². The van der Waals surface area contributed by atoms with Gasteiger partial charge in [-0.1, -0.05) is 19.1 Å². The summed E-state index contributed by atoms with van der Waals surface area (Å²) in [4.78, 5) is 5.59. The molecule has 2 fully saturated rings. The molecule has 18 heavy (non-hydrogen) atoms. The number of allylic oxidation sites excluding steroid dienone is 2. The van der Waals surface area contributed by atoms with Crippen LogP contribution in [-0.2, 0) is 0 Å². The zero-order chi connectivity index (χ0) is 12.4. The lowest BCUT2D eigenvalue weighted by molar-refractivity contribution is 0.0372. The van der Waals surface area contributed by atoms with Gasteiger partial charge in [0.25, 0.3) is 0 Å². The van der Waals surface area contributed by atoms with Gasteiger partial charge in [0.05, 0.1) is 0 Å². The minimum atomic E-state index is 0.824. The van der Waals surface area contributed by atoms with E-state index in [2.05, 4.69) is 28.9 Å². The molecular weight excluding hydrogens is 220 g/mol. The van der Waals surface area contributed by atoms with Crippen molar-refractivity contribution in [2.24, 2.45) is 5.92 Å². The minimum absolute atomic E-state index is 0.824. The van der Waals surface area contributed by atoms with Crippen LogP contribution in [-0.4, -0.2) is 48.1 Å². The molecule has 0 bridgehead atoms. The molecule has 0 saturated carbocycles. The Morgan fingerprint density at radius 2 is 2.11 bits per heavy atom. The smallest absolute Gasteiger partial charge is 0.0224 e. The molecule has 2 heterocycles. The van der Waals surface area contributed by atoms with E-state index in [4.69, 9.17) is 0 Å². The third-order valence-electron chi connectivity index (χ3n) is 5.25. The number of hydrogen-bond donors (Lipinski definition) is 0. The second-order valence-corrected chi connectivity index (χ2v) is 6.46. The van der Waals surface area contributed by atoms with E-state index in [-0.39, 0.29) is 0 Å². The average Bonchev–Trinajstić information content (AvgIpc) is 2.86. The predicted molar refractivity (Wildman–Crippen MR) is 76.7 cm³/mol. The van der Waals surface area contributed by atoms with E-state index in [0.29, 0.717) is 0 Å². The average molecular weight is 248 g/mol. The number of hydrogen-bond acceptors (Lipinski definition) is 2. The van der Waals surface area contributed by atoms with Crippen molar-refractivity contribution in [2.75, 3.05) is 26.2 Å². The van der Waals surface area contributed by atoms with E-state index in [1.165, 1.54) is 64.7 Å². The van der Waals surface area contributed by atoms with Gasteiger partial charge in [0.2, 0.25) is 0 Å². The van der Waals surface area contributed by atoms with Gasteiger partial charge in [-0.25, -0.2) is 0 Å². The van der Waals surface area contributed by atoms with Crippen molar-refractivity contribution in [3.8, 4) is 0 Å². The van der Waals surface area contributed by atoms with Gasteiger partial charge in [0.1, 0.15) is 0 Å². The van der Waals surface area contributed by atoms with Crippen molar-refractivity contribution in [3.63, 3.8) is 0 Å². The standard InChI is InChI=1S/C16H28N2/c1-2-15-12-17-10-6-9-16(17)13-18(15)11-14-7-4-3-5-8-14/h3-4,14-16H,2,5-13H2,1H3. The summed E-state index contributed by atoms with van der Waals surface area (Å²) >= 11 is 0. The van der Waals surface area contributed by atoms with Crippen molar-refractivity contribution in [1.29, 1.82) is 0 Å². The lowest BCUT2D eigenvalue weighted by Gasteiger charge is -2.45. The van der Waals surface area contributed by atoms with E-state index in [1.54, 1.807) is 0 Å². The summed E-state index contributed by atoms with van der Waals surface area (Å²) in [5.74, 6) is 0.928. The maximum absolute atomic E-state index is 2.83. The number of fused-ring (bicyclic) bond motifs is 1. The molecule has 0 N–H and O–H groups in total. The Morgan fingerprint density at radius 1 is 1.17 bits per heavy atom. The number of piperazine rings is 1. The molecule has 2 nitrogen and oxygen atoms in total. The highest BCUT2D eigenvalue weighted by atomic mass is 15.3. The Labute approximate surface area is 112 Å². The number of rotatable bonds is 3. The first-order valence-electron chi connectivity index (χ1n) is 8.00. The van der Waals surface area contributed by atoms with E-state index in [0.717, 1.165) is 18.0 Å². The summed E-state index contributed by atoms with van der Waals surface area (Å²) in [6, 6.07) is 1.71. The zero-order valence-corrected chi connectivity index (χ0v) is 11.9. The molecule has 102 valence electrons. The largest absolute Gasteiger partial charge is 0.298 e. The minimum Gasteiger partial charge on any atom is -0.298 e. The molecule has 2 saturated heterocycles. The van der Waals surface area contributed by atoms with Crippen LogP contribution in [0.3, 0.4) is 0 Å². The summed E-state index contributed by atoms with van der Waals surface area (Å²) in [6.45, 7) is 7.77. The van der Waals surface area contributed by atoms with Gasteiger partial charge in [0, 0.05) is 31.7 Å². The summed E-state index contributed by atoms with van der Waals surface area (Å²) < 4.78 is 0. The highest BCUT2D eigenvalue weighted by Crippen LogP contribution is 2.28. The van der Waals surface area contributed by atoms with Gasteiger partial charge in [-0.05, 0) is 51.0 Å². The summed E-state index contributed by atoms with van der Waals surface area (Å²) in [6.07, 6.45) is 13.0. The van der Waals surface area contributed by atoms with Crippen LogP contribution < -0.4 is 0 Å². The molecule has 0 spiro atoms. The first-order chi connectivity index (χ1) is 8.86. The van der Waals surface area contributed by atoms with Crippen LogP contribution >= 0.6 is 0 Å². The van der Waals surface area contributed by atoms with Gasteiger partial charge < -0.3 is 0 Å². The van der Waals surface area contributed by atoms with Gasteiger partial charge >= 0.3 is 0 Å². The molecule has 3 aliphatic rings. The quantitative estimate of drug-likeness (QED) is 0.709. The lowest BCUT2D eigenvalue weighted by Crippen LogP contribution is -2.56. The molecule has 2 aliphatic heterocycles. The van der Waals surface area contributed by atoms with Crippen molar-refractivity contribution in [3.05, 3.63) is 12.2 Å². The monoisotopic (exact) mass is 248 g/mol. The van der Waals surface area contributed by atoms with Crippen LogP contribution in [0.15, 0.2) is 12.2 Å². The van der Waals surface area contributed by atoms with Crippen LogP contribution in [0, 0.1) is 5.92 Å². The highest BCUT2D eigenvalue weighted by molar-refractivity contribution is 4.95. The first-order valence-corrected chi connectivity index (χ1v) is 8.00. The van der Waals surface area contributed by atoms with E-state index >= 15 is 0 Å². The van der Waals surface area contributed by atoms with Crippen LogP contribution in [0.5, 0.6) is 0 Å². The summed E-state index contributed by atoms with van der Waals surface area (Å²) in [7, 11) is 0. The van der Waals surface area contributed by atoms with Gasteiger partial charge in [0.15, 0.2) is 0 Å². The molecule has 0 aromatic carbocycles. The van der Waals surface area contributed by atoms with E-state index in [1.807, 2.05) is 0 Å². The third kappa shape index (κ3) is 2.65. The summed E-state index contributed by atoms with van der Waals surface area (Å²) in [5.41, 5.74) is 0. The fourth-order valence-corrected chi connectivity index (χ4v) is 4.11. The molecule has 1 aliphatic carbocycles. The molecular formula is C16H28N2. The third-order valence-corrected chi connectivity index (χ3v) is 5.25. The summed E-state index contributed by atoms with van der Waals surface area (Å²) in [5, 5.41) is 0. The lowest BCUT2D eigenvalue weighted by atomic mass is 9.92. The molecule has 3 unspecified atom stereocenters. The van der Waals surface area contributed by atoms with Gasteiger partial charge in [-0.3, -0.25) is 9.80 Å². The first kappa shape index (κ1) is 12.7. The normalized spacial score (nSPS) is 37.9. The maximum atomic E-state index is 2.83. The maximum Gasteiger partial charge on any atom is 0.0224 e. The Kier molecular flexibility index (Phi) is 4.05. The van der Waals surface area contributed by atoms with Crippen molar-refractivity contribution in [1.82, 2.24) is 9.80 Å². The molecule has 0 amide bonds. The Balaban J connectivity index is 1.60. The molecule has 3 atom stereocenters. The topological polar surface area (TPSA) is 6.48 Å². The fraction of sp³-hybridized carbons (Fsp3) is 0.875.